The van der Waals surface area contributed by atoms with Gasteiger partial charge in [0.15, 0.2) is 0 Å². The maximum atomic E-state index is 12.9. The molecule has 0 spiro atoms. The first-order valence-electron chi connectivity index (χ1n) is 15.9. The van der Waals surface area contributed by atoms with E-state index in [-0.39, 0.29) is 35.2 Å². The van der Waals surface area contributed by atoms with Crippen LogP contribution in [-0.2, 0) is 33.4 Å². The summed E-state index contributed by atoms with van der Waals surface area (Å²) < 4.78 is 9.71. The third-order valence-electron chi connectivity index (χ3n) is 8.63. The number of aliphatic hydroxyl groups is 4. The Balaban J connectivity index is 2.52. The molecule has 12 nitrogen and oxygen atoms in total. The fourth-order valence-corrected chi connectivity index (χ4v) is 5.40. The molecule has 1 aliphatic rings. The SMILES string of the molecule is CCC(C=CC(=O)O)=CC(O)C[C@H](C)C[C@@H](C)CC[C@H](O)[C@H](C)C(=O)C[C@@H](O)[C@H](C)[C@@H](C)OC(=O)C[C@@H](O)C1=C(C)C(=O)OC1=O. The lowest BCUT2D eigenvalue weighted by atomic mass is 9.85. The molecule has 1 heterocycles. The molecular formula is C34H52O12. The van der Waals surface area contributed by atoms with Crippen LogP contribution in [0.15, 0.2) is 34.9 Å². The molecule has 1 rings (SSSR count). The summed E-state index contributed by atoms with van der Waals surface area (Å²) in [5, 5.41) is 50.8. The third-order valence-corrected chi connectivity index (χ3v) is 8.63. The number of rotatable bonds is 21. The number of carbonyl (C=O) groups is 5. The van der Waals surface area contributed by atoms with Crippen LogP contribution in [0.1, 0.15) is 93.4 Å². The van der Waals surface area contributed by atoms with Gasteiger partial charge in [0.25, 0.3) is 0 Å². The lowest BCUT2D eigenvalue weighted by Gasteiger charge is -2.27. The van der Waals surface area contributed by atoms with E-state index >= 15 is 0 Å². The zero-order valence-corrected chi connectivity index (χ0v) is 28.0. The van der Waals surface area contributed by atoms with Crippen molar-refractivity contribution in [2.24, 2.45) is 23.7 Å². The maximum absolute atomic E-state index is 12.9. The third kappa shape index (κ3) is 13.7. The minimum atomic E-state index is -1.59. The van der Waals surface area contributed by atoms with E-state index < -0.39 is 72.7 Å². The van der Waals surface area contributed by atoms with Crippen molar-refractivity contribution in [1.29, 1.82) is 0 Å². The van der Waals surface area contributed by atoms with E-state index in [0.29, 0.717) is 25.7 Å². The number of carbonyl (C=O) groups excluding carboxylic acids is 4. The Morgan fingerprint density at radius 1 is 0.848 bits per heavy atom. The highest BCUT2D eigenvalue weighted by molar-refractivity contribution is 6.12. The van der Waals surface area contributed by atoms with Crippen LogP contribution in [0, 0.1) is 23.7 Å². The predicted molar refractivity (Wildman–Crippen MR) is 168 cm³/mol. The van der Waals surface area contributed by atoms with E-state index in [4.69, 9.17) is 9.84 Å². The molecular weight excluding hydrogens is 600 g/mol. The van der Waals surface area contributed by atoms with Crippen LogP contribution in [0.25, 0.3) is 0 Å². The van der Waals surface area contributed by atoms with Gasteiger partial charge in [-0.15, -0.1) is 0 Å². The molecule has 46 heavy (non-hydrogen) atoms. The summed E-state index contributed by atoms with van der Waals surface area (Å²) in [4.78, 5) is 59.2. The molecule has 0 saturated heterocycles. The molecule has 0 amide bonds. The van der Waals surface area contributed by atoms with Gasteiger partial charge in [-0.3, -0.25) is 9.59 Å². The maximum Gasteiger partial charge on any atom is 0.345 e. The summed E-state index contributed by atoms with van der Waals surface area (Å²) in [5.74, 6) is -5.18. The topological polar surface area (TPSA) is 205 Å². The van der Waals surface area contributed by atoms with Gasteiger partial charge in [-0.2, -0.15) is 0 Å². The van der Waals surface area contributed by atoms with Crippen LogP contribution >= 0.6 is 0 Å². The molecule has 0 bridgehead atoms. The van der Waals surface area contributed by atoms with Crippen molar-refractivity contribution < 1.29 is 59.0 Å². The van der Waals surface area contributed by atoms with Gasteiger partial charge >= 0.3 is 23.9 Å². The molecule has 0 aliphatic carbocycles. The number of ketones is 1. The van der Waals surface area contributed by atoms with Crippen molar-refractivity contribution in [3.63, 3.8) is 0 Å². The number of cyclic esters (lactones) is 2. The van der Waals surface area contributed by atoms with E-state index in [1.54, 1.807) is 19.9 Å². The molecule has 0 aromatic carbocycles. The van der Waals surface area contributed by atoms with Gasteiger partial charge in [0.1, 0.15) is 11.9 Å². The summed E-state index contributed by atoms with van der Waals surface area (Å²) in [6, 6.07) is 0. The minimum absolute atomic E-state index is 0.0831. The molecule has 0 aromatic rings. The number of allylic oxidation sites excluding steroid dienone is 2. The average molecular weight is 653 g/mol. The van der Waals surface area contributed by atoms with Gasteiger partial charge in [0.05, 0.1) is 36.4 Å². The molecule has 5 N–H and O–H groups in total. The quantitative estimate of drug-likeness (QED) is 0.0525. The first kappa shape index (κ1) is 40.8. The lowest BCUT2D eigenvalue weighted by Crippen LogP contribution is -2.36. The van der Waals surface area contributed by atoms with Gasteiger partial charge in [0, 0.05) is 29.9 Å². The molecule has 9 atom stereocenters. The van der Waals surface area contributed by atoms with Crippen molar-refractivity contribution in [2.75, 3.05) is 0 Å². The van der Waals surface area contributed by atoms with Gasteiger partial charge < -0.3 is 35.0 Å². The molecule has 1 unspecified atom stereocenters. The van der Waals surface area contributed by atoms with Crippen molar-refractivity contribution in [3.8, 4) is 0 Å². The fraction of sp³-hybridized carbons (Fsp3) is 0.676. The zero-order chi connectivity index (χ0) is 35.3. The van der Waals surface area contributed by atoms with Crippen molar-refractivity contribution in [3.05, 3.63) is 34.9 Å². The summed E-state index contributed by atoms with van der Waals surface area (Å²) in [6.07, 6.45) is 0.999. The normalized spacial score (nSPS) is 20.0. The molecule has 0 aromatic heterocycles. The largest absolute Gasteiger partial charge is 0.478 e. The van der Waals surface area contributed by atoms with E-state index in [0.717, 1.165) is 18.1 Å². The minimum Gasteiger partial charge on any atom is -0.478 e. The summed E-state index contributed by atoms with van der Waals surface area (Å²) in [7, 11) is 0. The molecule has 0 saturated carbocycles. The summed E-state index contributed by atoms with van der Waals surface area (Å²) in [6.45, 7) is 12.0. The van der Waals surface area contributed by atoms with Crippen LogP contribution in [0.5, 0.6) is 0 Å². The molecule has 12 heteroatoms. The highest BCUT2D eigenvalue weighted by Gasteiger charge is 2.36. The summed E-state index contributed by atoms with van der Waals surface area (Å²) in [5.41, 5.74) is 0.357. The smallest absolute Gasteiger partial charge is 0.345 e. The first-order valence-corrected chi connectivity index (χ1v) is 15.9. The highest BCUT2D eigenvalue weighted by Crippen LogP contribution is 2.26. The van der Waals surface area contributed by atoms with Crippen LogP contribution in [-0.4, -0.2) is 85.7 Å². The Morgan fingerprint density at radius 2 is 1.48 bits per heavy atom. The van der Waals surface area contributed by atoms with Crippen LogP contribution in [0.3, 0.4) is 0 Å². The van der Waals surface area contributed by atoms with E-state index in [1.807, 2.05) is 20.8 Å². The fourth-order valence-electron chi connectivity index (χ4n) is 5.40. The molecule has 0 radical (unpaired) electrons. The number of esters is 3. The number of Topliss-reactive ketones (excluding diaryl/α,β-unsaturated/α-hetero) is 1. The van der Waals surface area contributed by atoms with E-state index in [2.05, 4.69) is 4.74 Å². The van der Waals surface area contributed by atoms with Crippen LogP contribution in [0.4, 0.5) is 0 Å². The second-order valence-electron chi connectivity index (χ2n) is 12.7. The first-order chi connectivity index (χ1) is 21.4. The Bertz CT molecular complexity index is 1170. The van der Waals surface area contributed by atoms with Crippen LogP contribution < -0.4 is 0 Å². The predicted octanol–water partition coefficient (Wildman–Crippen LogP) is 3.19. The monoisotopic (exact) mass is 652 g/mol. The number of aliphatic carboxylic acids is 1. The van der Waals surface area contributed by atoms with E-state index in [1.165, 1.54) is 19.9 Å². The molecule has 1 aliphatic heterocycles. The van der Waals surface area contributed by atoms with Gasteiger partial charge in [-0.25, -0.2) is 14.4 Å². The van der Waals surface area contributed by atoms with E-state index in [9.17, 15) is 44.4 Å². The van der Waals surface area contributed by atoms with Gasteiger partial charge in [0.2, 0.25) is 0 Å². The Kier molecular flexibility index (Phi) is 17.3. The van der Waals surface area contributed by atoms with Crippen molar-refractivity contribution in [1.82, 2.24) is 0 Å². The van der Waals surface area contributed by atoms with Crippen LogP contribution in [0.2, 0.25) is 0 Å². The highest BCUT2D eigenvalue weighted by atomic mass is 16.6. The number of carboxylic acid groups (broad SMARTS) is 1. The summed E-state index contributed by atoms with van der Waals surface area (Å²) >= 11 is 0. The molecule has 0 fully saturated rings. The lowest BCUT2D eigenvalue weighted by molar-refractivity contribution is -0.154. The second-order valence-corrected chi connectivity index (χ2v) is 12.7. The number of hydrogen-bond donors (Lipinski definition) is 5. The number of aliphatic hydroxyl groups excluding tert-OH is 4. The number of ether oxygens (including phenoxy) is 2. The molecule has 260 valence electrons. The Labute approximate surface area is 271 Å². The second kappa shape index (κ2) is 19.5. The van der Waals surface area contributed by atoms with Crippen molar-refractivity contribution in [2.45, 2.75) is 124 Å². The zero-order valence-electron chi connectivity index (χ0n) is 28.0. The number of carboxylic acids is 1. The Hall–Kier alpha value is -3.19. The Morgan fingerprint density at radius 3 is 2.02 bits per heavy atom. The van der Waals surface area contributed by atoms with Gasteiger partial charge in [-0.05, 0) is 63.4 Å². The standard InChI is InChI=1S/C34H52O12/c1-8-24(10-12-30(40)41)15-25(35)14-19(3)13-18(2)9-11-26(36)21(5)28(38)16-27(37)20(4)23(7)45-31(42)17-29(39)32-22(6)33(43)46-34(32)44/h10,12,15,18-21,23,25-27,29,35-37,39H,8-9,11,13-14,16-17H2,1-7H3,(H,40,41)/t18-,19+,20+,21-,23+,25?,26-,27+,29+/m0/s1. The number of hydrogen-bond acceptors (Lipinski definition) is 11. The average Bonchev–Trinajstić information content (AvgIpc) is 3.22. The van der Waals surface area contributed by atoms with Crippen molar-refractivity contribution >= 4 is 29.7 Å². The van der Waals surface area contributed by atoms with Gasteiger partial charge in [-0.1, -0.05) is 46.8 Å².